The molecule has 0 aromatic carbocycles. The Kier molecular flexibility index (Phi) is 5.03. The summed E-state index contributed by atoms with van der Waals surface area (Å²) < 4.78 is 3.34. The molecule has 1 saturated heterocycles. The fourth-order valence-corrected chi connectivity index (χ4v) is 3.34. The number of aromatic nitrogens is 3. The molecule has 7 heteroatoms. The standard InChI is InChI=1S/C16H27N5O2/c1-13-6-11-19(12-7-13)15(22)17-8-4-10-21-16(23)20-9-3-2-5-14(20)18-21/h13H,2-12H2,1H3,(H,17,22). The Balaban J connectivity index is 1.42. The Labute approximate surface area is 136 Å². The van der Waals surface area contributed by atoms with Gasteiger partial charge in [0, 0.05) is 39.1 Å². The van der Waals surface area contributed by atoms with Crippen molar-refractivity contribution in [3.8, 4) is 0 Å². The fraction of sp³-hybridized carbons (Fsp3) is 0.812. The van der Waals surface area contributed by atoms with Gasteiger partial charge >= 0.3 is 11.7 Å². The number of likely N-dealkylation sites (tertiary alicyclic amines) is 1. The first-order valence-corrected chi connectivity index (χ1v) is 8.84. The van der Waals surface area contributed by atoms with Crippen LogP contribution in [0.1, 0.15) is 44.9 Å². The Hall–Kier alpha value is -1.79. The molecule has 0 atom stereocenters. The minimum absolute atomic E-state index is 0.00366. The predicted octanol–water partition coefficient (Wildman–Crippen LogP) is 1.21. The van der Waals surface area contributed by atoms with E-state index in [1.807, 2.05) is 4.90 Å². The van der Waals surface area contributed by atoms with Crippen molar-refractivity contribution in [3.63, 3.8) is 0 Å². The average Bonchev–Trinajstić information content (AvgIpc) is 2.89. The van der Waals surface area contributed by atoms with Gasteiger partial charge in [0.25, 0.3) is 0 Å². The van der Waals surface area contributed by atoms with Crippen molar-refractivity contribution < 1.29 is 4.79 Å². The van der Waals surface area contributed by atoms with Crippen LogP contribution in [-0.4, -0.2) is 44.9 Å². The molecule has 0 unspecified atom stereocenters. The van der Waals surface area contributed by atoms with Crippen LogP contribution in [0.25, 0.3) is 0 Å². The van der Waals surface area contributed by atoms with Crippen LogP contribution < -0.4 is 11.0 Å². The maximum atomic E-state index is 12.2. The smallest absolute Gasteiger partial charge is 0.338 e. The van der Waals surface area contributed by atoms with E-state index in [0.29, 0.717) is 13.1 Å². The molecule has 2 amide bonds. The van der Waals surface area contributed by atoms with Gasteiger partial charge in [-0.05, 0) is 38.0 Å². The zero-order valence-corrected chi connectivity index (χ0v) is 14.0. The van der Waals surface area contributed by atoms with Crippen molar-refractivity contribution in [1.29, 1.82) is 0 Å². The maximum absolute atomic E-state index is 12.2. The van der Waals surface area contributed by atoms with Gasteiger partial charge in [0.05, 0.1) is 0 Å². The van der Waals surface area contributed by atoms with Crippen LogP contribution in [0.5, 0.6) is 0 Å². The number of hydrogen-bond donors (Lipinski definition) is 1. The van der Waals surface area contributed by atoms with Crippen LogP contribution in [0.2, 0.25) is 0 Å². The van der Waals surface area contributed by atoms with Gasteiger partial charge in [0.15, 0.2) is 0 Å². The highest BCUT2D eigenvalue weighted by molar-refractivity contribution is 5.74. The molecular weight excluding hydrogens is 294 g/mol. The second-order valence-electron chi connectivity index (χ2n) is 6.79. The van der Waals surface area contributed by atoms with Gasteiger partial charge in [-0.2, -0.15) is 5.10 Å². The number of nitrogens with zero attached hydrogens (tertiary/aromatic N) is 4. The van der Waals surface area contributed by atoms with Crippen molar-refractivity contribution >= 4 is 6.03 Å². The summed E-state index contributed by atoms with van der Waals surface area (Å²) in [5, 5.41) is 7.36. The molecule has 0 aliphatic carbocycles. The van der Waals surface area contributed by atoms with E-state index in [0.717, 1.165) is 69.9 Å². The number of piperidine rings is 1. The van der Waals surface area contributed by atoms with E-state index in [1.54, 1.807) is 9.25 Å². The van der Waals surface area contributed by atoms with E-state index in [2.05, 4.69) is 17.3 Å². The first-order chi connectivity index (χ1) is 11.1. The first kappa shape index (κ1) is 16.1. The lowest BCUT2D eigenvalue weighted by atomic mass is 10.00. The second kappa shape index (κ2) is 7.19. The number of urea groups is 1. The van der Waals surface area contributed by atoms with Gasteiger partial charge in [-0.3, -0.25) is 4.57 Å². The molecule has 3 rings (SSSR count). The lowest BCUT2D eigenvalue weighted by Gasteiger charge is -2.30. The third kappa shape index (κ3) is 3.76. The van der Waals surface area contributed by atoms with Gasteiger partial charge in [-0.15, -0.1) is 0 Å². The minimum Gasteiger partial charge on any atom is -0.338 e. The van der Waals surface area contributed by atoms with Gasteiger partial charge in [-0.1, -0.05) is 6.92 Å². The third-order valence-electron chi connectivity index (χ3n) is 4.93. The minimum atomic E-state index is -0.00366. The average molecular weight is 321 g/mol. The van der Waals surface area contributed by atoms with Crippen molar-refractivity contribution in [3.05, 3.63) is 16.3 Å². The van der Waals surface area contributed by atoms with E-state index in [4.69, 9.17) is 0 Å². The number of amides is 2. The molecule has 23 heavy (non-hydrogen) atoms. The molecule has 1 aromatic rings. The van der Waals surface area contributed by atoms with E-state index < -0.39 is 0 Å². The highest BCUT2D eigenvalue weighted by atomic mass is 16.2. The van der Waals surface area contributed by atoms with E-state index in [9.17, 15) is 9.59 Å². The molecule has 2 aliphatic heterocycles. The first-order valence-electron chi connectivity index (χ1n) is 8.84. The third-order valence-corrected chi connectivity index (χ3v) is 4.93. The molecule has 0 radical (unpaired) electrons. The lowest BCUT2D eigenvalue weighted by Crippen LogP contribution is -2.44. The molecular formula is C16H27N5O2. The van der Waals surface area contributed by atoms with Crippen LogP contribution in [0.4, 0.5) is 4.79 Å². The van der Waals surface area contributed by atoms with Gasteiger partial charge in [-0.25, -0.2) is 14.3 Å². The Morgan fingerprint density at radius 1 is 1.26 bits per heavy atom. The highest BCUT2D eigenvalue weighted by Gasteiger charge is 2.20. The molecule has 0 spiro atoms. The lowest BCUT2D eigenvalue weighted by molar-refractivity contribution is 0.174. The van der Waals surface area contributed by atoms with Crippen molar-refractivity contribution in [2.45, 2.75) is 58.5 Å². The molecule has 1 aromatic heterocycles. The highest BCUT2D eigenvalue weighted by Crippen LogP contribution is 2.15. The Morgan fingerprint density at radius 3 is 2.78 bits per heavy atom. The summed E-state index contributed by atoms with van der Waals surface area (Å²) in [5.41, 5.74) is -0.00366. The molecule has 0 bridgehead atoms. The van der Waals surface area contributed by atoms with Gasteiger partial charge in [0.2, 0.25) is 0 Å². The van der Waals surface area contributed by atoms with Crippen molar-refractivity contribution in [2.24, 2.45) is 5.92 Å². The topological polar surface area (TPSA) is 72.2 Å². The second-order valence-corrected chi connectivity index (χ2v) is 6.79. The van der Waals surface area contributed by atoms with Gasteiger partial charge < -0.3 is 10.2 Å². The van der Waals surface area contributed by atoms with Crippen molar-refractivity contribution in [2.75, 3.05) is 19.6 Å². The van der Waals surface area contributed by atoms with Crippen molar-refractivity contribution in [1.82, 2.24) is 24.6 Å². The van der Waals surface area contributed by atoms with Crippen LogP contribution in [0.15, 0.2) is 4.79 Å². The molecule has 1 N–H and O–H groups in total. The van der Waals surface area contributed by atoms with Crippen LogP contribution in [0.3, 0.4) is 0 Å². The quantitative estimate of drug-likeness (QED) is 0.847. The summed E-state index contributed by atoms with van der Waals surface area (Å²) in [4.78, 5) is 26.1. The molecule has 7 nitrogen and oxygen atoms in total. The van der Waals surface area contributed by atoms with E-state index in [-0.39, 0.29) is 11.7 Å². The summed E-state index contributed by atoms with van der Waals surface area (Å²) in [6.07, 6.45) is 5.97. The molecule has 3 heterocycles. The van der Waals surface area contributed by atoms with E-state index >= 15 is 0 Å². The summed E-state index contributed by atoms with van der Waals surface area (Å²) >= 11 is 0. The fourth-order valence-electron chi connectivity index (χ4n) is 3.34. The Morgan fingerprint density at radius 2 is 2.04 bits per heavy atom. The predicted molar refractivity (Wildman–Crippen MR) is 87.4 cm³/mol. The monoisotopic (exact) mass is 321 g/mol. The zero-order chi connectivity index (χ0) is 16.2. The molecule has 1 fully saturated rings. The number of carbonyl (C=O) groups is 1. The number of nitrogens with one attached hydrogen (secondary N) is 1. The number of aryl methyl sites for hydroxylation is 2. The Bertz CT molecular complexity index is 598. The molecule has 0 saturated carbocycles. The number of rotatable bonds is 4. The molecule has 128 valence electrons. The van der Waals surface area contributed by atoms with Crippen LogP contribution >= 0.6 is 0 Å². The zero-order valence-electron chi connectivity index (χ0n) is 14.0. The maximum Gasteiger partial charge on any atom is 0.345 e. The summed E-state index contributed by atoms with van der Waals surface area (Å²) in [6.45, 7) is 5.87. The summed E-state index contributed by atoms with van der Waals surface area (Å²) in [7, 11) is 0. The number of hydrogen-bond acceptors (Lipinski definition) is 3. The normalized spacial score (nSPS) is 18.7. The summed E-state index contributed by atoms with van der Waals surface area (Å²) in [6, 6.07) is 0.0216. The summed E-state index contributed by atoms with van der Waals surface area (Å²) in [5.74, 6) is 1.63. The number of fused-ring (bicyclic) bond motifs is 1. The van der Waals surface area contributed by atoms with Gasteiger partial charge in [0.1, 0.15) is 5.82 Å². The van der Waals surface area contributed by atoms with Crippen LogP contribution in [-0.2, 0) is 19.5 Å². The van der Waals surface area contributed by atoms with Crippen LogP contribution in [0, 0.1) is 5.92 Å². The number of carbonyl (C=O) groups excluding carboxylic acids is 1. The molecule has 2 aliphatic rings. The SMILES string of the molecule is CC1CCN(C(=O)NCCCn2nc3n(c2=O)CCCC3)CC1. The van der Waals surface area contributed by atoms with E-state index in [1.165, 1.54) is 0 Å². The largest absolute Gasteiger partial charge is 0.345 e.